The molecule has 0 radical (unpaired) electrons. The van der Waals surface area contributed by atoms with Gasteiger partial charge in [0.25, 0.3) is 15.9 Å². The first-order valence-corrected chi connectivity index (χ1v) is 11.6. The van der Waals surface area contributed by atoms with Crippen LogP contribution in [0.15, 0.2) is 82.8 Å². The number of anilines is 1. The second-order valence-corrected chi connectivity index (χ2v) is 9.41. The van der Waals surface area contributed by atoms with E-state index in [0.717, 1.165) is 27.7 Å². The van der Waals surface area contributed by atoms with Crippen molar-refractivity contribution in [1.29, 1.82) is 0 Å². The van der Waals surface area contributed by atoms with Crippen molar-refractivity contribution in [3.05, 3.63) is 95.1 Å². The van der Waals surface area contributed by atoms with E-state index in [-0.39, 0.29) is 16.1 Å². The van der Waals surface area contributed by atoms with Crippen LogP contribution in [0.3, 0.4) is 0 Å². The van der Waals surface area contributed by atoms with E-state index in [1.807, 2.05) is 6.07 Å². The van der Waals surface area contributed by atoms with E-state index in [1.165, 1.54) is 30.3 Å². The predicted molar refractivity (Wildman–Crippen MR) is 124 cm³/mol. The number of halogens is 3. The number of benzene rings is 3. The lowest BCUT2D eigenvalue weighted by Gasteiger charge is -2.24. The Kier molecular flexibility index (Phi) is 7.41. The number of hydrogen-bond acceptors (Lipinski definition) is 4. The van der Waals surface area contributed by atoms with Crippen LogP contribution in [0.5, 0.6) is 0 Å². The first kappa shape index (κ1) is 25.0. The summed E-state index contributed by atoms with van der Waals surface area (Å²) in [6.45, 7) is 2.97. The van der Waals surface area contributed by atoms with Gasteiger partial charge in [-0.3, -0.25) is 9.10 Å². The average molecular weight is 490 g/mol. The Hall–Kier alpha value is -3.66. The van der Waals surface area contributed by atoms with Gasteiger partial charge in [-0.2, -0.15) is 18.3 Å². The van der Waals surface area contributed by atoms with Crippen molar-refractivity contribution in [1.82, 2.24) is 5.43 Å². The highest BCUT2D eigenvalue weighted by atomic mass is 32.2. The Morgan fingerprint density at radius 1 is 0.971 bits per heavy atom. The fourth-order valence-corrected chi connectivity index (χ4v) is 4.76. The lowest BCUT2D eigenvalue weighted by atomic mass is 10.1. The Morgan fingerprint density at radius 3 is 2.18 bits per heavy atom. The number of carbonyl (C=O) groups is 1. The first-order valence-electron chi connectivity index (χ1n) is 10.1. The van der Waals surface area contributed by atoms with Crippen LogP contribution in [0.1, 0.15) is 22.3 Å². The molecule has 178 valence electrons. The third-order valence-electron chi connectivity index (χ3n) is 4.77. The standard InChI is InChI=1S/C24H22F3N3O3S/c1-17-12-18(2)14-20(13-17)30(34(32,33)21-9-4-3-5-10-21)16-23(31)29-28-15-19-8-6-7-11-22(19)24(25,26)27/h3-15H,16H2,1-2H3,(H,29,31)/b28-15-. The van der Waals surface area contributed by atoms with Crippen molar-refractivity contribution < 1.29 is 26.4 Å². The van der Waals surface area contributed by atoms with E-state index in [0.29, 0.717) is 0 Å². The molecule has 0 saturated carbocycles. The normalized spacial score (nSPS) is 12.0. The van der Waals surface area contributed by atoms with Crippen LogP contribution in [0.4, 0.5) is 18.9 Å². The molecule has 0 heterocycles. The van der Waals surface area contributed by atoms with E-state index in [9.17, 15) is 26.4 Å². The molecule has 0 bridgehead atoms. The zero-order valence-corrected chi connectivity index (χ0v) is 19.2. The molecule has 0 unspecified atom stereocenters. The van der Waals surface area contributed by atoms with E-state index >= 15 is 0 Å². The molecule has 0 aliphatic rings. The highest BCUT2D eigenvalue weighted by molar-refractivity contribution is 7.92. The second kappa shape index (κ2) is 10.1. The fraction of sp³-hybridized carbons (Fsp3) is 0.167. The first-order chi connectivity index (χ1) is 16.0. The molecule has 34 heavy (non-hydrogen) atoms. The quantitative estimate of drug-likeness (QED) is 0.387. The number of nitrogens with zero attached hydrogens (tertiary/aromatic N) is 2. The van der Waals surface area contributed by atoms with Gasteiger partial charge in [0.1, 0.15) is 6.54 Å². The molecule has 0 saturated heterocycles. The number of nitrogens with one attached hydrogen (secondary N) is 1. The summed E-state index contributed by atoms with van der Waals surface area (Å²) >= 11 is 0. The maximum absolute atomic E-state index is 13.3. The highest BCUT2D eigenvalue weighted by Gasteiger charge is 2.32. The lowest BCUT2D eigenvalue weighted by molar-refractivity contribution is -0.137. The van der Waals surface area contributed by atoms with Crippen molar-refractivity contribution in [3.8, 4) is 0 Å². The molecule has 0 aromatic heterocycles. The number of carbonyl (C=O) groups excluding carboxylic acids is 1. The molecule has 1 amide bonds. The Labute approximate surface area is 195 Å². The molecule has 0 aliphatic carbocycles. The molecule has 3 rings (SSSR count). The maximum atomic E-state index is 13.3. The van der Waals surface area contributed by atoms with Gasteiger partial charge in [0.05, 0.1) is 22.4 Å². The Morgan fingerprint density at radius 2 is 1.56 bits per heavy atom. The number of hydrazone groups is 1. The van der Waals surface area contributed by atoms with Gasteiger partial charge in [-0.05, 0) is 55.3 Å². The summed E-state index contributed by atoms with van der Waals surface area (Å²) < 4.78 is 67.0. The smallest absolute Gasteiger partial charge is 0.271 e. The number of sulfonamides is 1. The van der Waals surface area contributed by atoms with Gasteiger partial charge in [-0.25, -0.2) is 13.8 Å². The fourth-order valence-electron chi connectivity index (χ4n) is 3.34. The van der Waals surface area contributed by atoms with E-state index in [4.69, 9.17) is 0 Å². The van der Waals surface area contributed by atoms with Crippen LogP contribution >= 0.6 is 0 Å². The van der Waals surface area contributed by atoms with E-state index < -0.39 is 34.2 Å². The SMILES string of the molecule is Cc1cc(C)cc(N(CC(=O)N/N=C\c2ccccc2C(F)(F)F)S(=O)(=O)c2ccccc2)c1. The van der Waals surface area contributed by atoms with Crippen molar-refractivity contribution >= 4 is 27.8 Å². The molecule has 0 atom stereocenters. The Bertz CT molecular complexity index is 1290. The molecular weight excluding hydrogens is 467 g/mol. The van der Waals surface area contributed by atoms with Crippen LogP contribution in [-0.2, 0) is 21.0 Å². The van der Waals surface area contributed by atoms with E-state index in [1.54, 1.807) is 44.2 Å². The summed E-state index contributed by atoms with van der Waals surface area (Å²) in [6.07, 6.45) is -3.72. The van der Waals surface area contributed by atoms with Crippen molar-refractivity contribution in [2.45, 2.75) is 24.9 Å². The third-order valence-corrected chi connectivity index (χ3v) is 6.56. The largest absolute Gasteiger partial charge is 0.417 e. The van der Waals surface area contributed by atoms with E-state index in [2.05, 4.69) is 10.5 Å². The minimum Gasteiger partial charge on any atom is -0.271 e. The molecule has 0 spiro atoms. The number of hydrogen-bond donors (Lipinski definition) is 1. The van der Waals surface area contributed by atoms with Crippen molar-refractivity contribution in [3.63, 3.8) is 0 Å². The van der Waals surface area contributed by atoms with Crippen molar-refractivity contribution in [2.24, 2.45) is 5.10 Å². The summed E-state index contributed by atoms with van der Waals surface area (Å²) in [5, 5.41) is 3.61. The third kappa shape index (κ3) is 6.02. The minimum atomic E-state index is -4.59. The van der Waals surface area contributed by atoms with Gasteiger partial charge in [0.2, 0.25) is 0 Å². The van der Waals surface area contributed by atoms with Gasteiger partial charge in [0.15, 0.2) is 0 Å². The monoisotopic (exact) mass is 489 g/mol. The maximum Gasteiger partial charge on any atom is 0.417 e. The highest BCUT2D eigenvalue weighted by Crippen LogP contribution is 2.31. The second-order valence-electron chi connectivity index (χ2n) is 7.55. The predicted octanol–water partition coefficient (Wildman–Crippen LogP) is 4.67. The minimum absolute atomic E-state index is 0.00966. The molecule has 0 aliphatic heterocycles. The lowest BCUT2D eigenvalue weighted by Crippen LogP contribution is -2.39. The van der Waals surface area contributed by atoms with Gasteiger partial charge in [-0.15, -0.1) is 0 Å². The van der Waals surface area contributed by atoms with Crippen LogP contribution < -0.4 is 9.73 Å². The van der Waals surface area contributed by atoms with Gasteiger partial charge in [-0.1, -0.05) is 42.5 Å². The summed E-state index contributed by atoms with van der Waals surface area (Å²) in [4.78, 5) is 12.6. The molecule has 0 fully saturated rings. The summed E-state index contributed by atoms with van der Waals surface area (Å²) in [5.41, 5.74) is 2.85. The van der Waals surface area contributed by atoms with Crippen LogP contribution in [-0.4, -0.2) is 27.1 Å². The van der Waals surface area contributed by atoms with Crippen molar-refractivity contribution in [2.75, 3.05) is 10.8 Å². The van der Waals surface area contributed by atoms with Crippen LogP contribution in [0.2, 0.25) is 0 Å². The molecule has 10 heteroatoms. The zero-order valence-electron chi connectivity index (χ0n) is 18.4. The van der Waals surface area contributed by atoms with Crippen LogP contribution in [0.25, 0.3) is 0 Å². The summed E-state index contributed by atoms with van der Waals surface area (Å²) in [7, 11) is -4.11. The summed E-state index contributed by atoms with van der Waals surface area (Å²) in [5.74, 6) is -0.820. The molecule has 1 N–H and O–H groups in total. The molecule has 3 aromatic rings. The Balaban J connectivity index is 1.88. The summed E-state index contributed by atoms with van der Waals surface area (Å²) in [6, 6.07) is 17.5. The zero-order chi connectivity index (χ0) is 24.9. The molecule has 6 nitrogen and oxygen atoms in total. The number of amides is 1. The number of aryl methyl sites for hydroxylation is 2. The average Bonchev–Trinajstić information content (AvgIpc) is 2.77. The van der Waals surface area contributed by atoms with Gasteiger partial charge < -0.3 is 0 Å². The van der Waals surface area contributed by atoms with Crippen LogP contribution in [0, 0.1) is 13.8 Å². The number of rotatable bonds is 7. The molecular formula is C24H22F3N3O3S. The van der Waals surface area contributed by atoms with Gasteiger partial charge in [0, 0.05) is 5.56 Å². The number of alkyl halides is 3. The van der Waals surface area contributed by atoms with Gasteiger partial charge >= 0.3 is 6.18 Å². The molecule has 3 aromatic carbocycles. The topological polar surface area (TPSA) is 78.8 Å².